The van der Waals surface area contributed by atoms with Crippen LogP contribution >= 0.6 is 0 Å². The van der Waals surface area contributed by atoms with Crippen LogP contribution < -0.4 is 5.32 Å². The van der Waals surface area contributed by atoms with Gasteiger partial charge in [0.2, 0.25) is 0 Å². The van der Waals surface area contributed by atoms with E-state index >= 15 is 0 Å². The van der Waals surface area contributed by atoms with Crippen molar-refractivity contribution in [1.29, 1.82) is 0 Å². The number of fused-ring (bicyclic) bond motifs is 1. The van der Waals surface area contributed by atoms with Crippen molar-refractivity contribution >= 4 is 11.5 Å². The Morgan fingerprint density at radius 1 is 1.17 bits per heavy atom. The SMILES string of the molecule is CCN(CC)C(=O)c1ccc(C2=CC3(CCNCC3)Cc3cc(O)cc(O)c32)nc1. The van der Waals surface area contributed by atoms with Gasteiger partial charge in [0, 0.05) is 36.5 Å². The van der Waals surface area contributed by atoms with E-state index in [9.17, 15) is 15.0 Å². The van der Waals surface area contributed by atoms with Gasteiger partial charge in [0.05, 0.1) is 11.3 Å². The molecule has 3 N–H and O–H groups in total. The van der Waals surface area contributed by atoms with Gasteiger partial charge in [-0.3, -0.25) is 9.78 Å². The average molecular weight is 408 g/mol. The number of phenols is 2. The van der Waals surface area contributed by atoms with E-state index < -0.39 is 0 Å². The molecular weight excluding hydrogens is 378 g/mol. The second-order valence-electron chi connectivity index (χ2n) is 8.26. The van der Waals surface area contributed by atoms with Gasteiger partial charge in [-0.2, -0.15) is 0 Å². The van der Waals surface area contributed by atoms with Crippen molar-refractivity contribution in [1.82, 2.24) is 15.2 Å². The molecule has 2 aromatic rings. The molecule has 1 spiro atoms. The van der Waals surface area contributed by atoms with Crippen molar-refractivity contribution in [3.05, 3.63) is 58.9 Å². The summed E-state index contributed by atoms with van der Waals surface area (Å²) in [6.45, 7) is 7.11. The quantitative estimate of drug-likeness (QED) is 0.724. The number of hydrogen-bond acceptors (Lipinski definition) is 5. The zero-order chi connectivity index (χ0) is 21.3. The van der Waals surface area contributed by atoms with Crippen LogP contribution in [0.2, 0.25) is 0 Å². The number of hydrogen-bond donors (Lipinski definition) is 3. The maximum absolute atomic E-state index is 12.6. The largest absolute Gasteiger partial charge is 0.508 e. The lowest BCUT2D eigenvalue weighted by Gasteiger charge is -2.39. The van der Waals surface area contributed by atoms with Crippen molar-refractivity contribution in [3.8, 4) is 11.5 Å². The highest BCUT2D eigenvalue weighted by atomic mass is 16.3. The number of aromatic hydroxyl groups is 2. The number of rotatable bonds is 4. The Morgan fingerprint density at radius 3 is 2.53 bits per heavy atom. The minimum atomic E-state index is -0.0281. The number of pyridine rings is 1. The summed E-state index contributed by atoms with van der Waals surface area (Å²) >= 11 is 0. The average Bonchev–Trinajstić information content (AvgIpc) is 2.74. The fourth-order valence-electron chi connectivity index (χ4n) is 4.75. The monoisotopic (exact) mass is 407 g/mol. The lowest BCUT2D eigenvalue weighted by molar-refractivity contribution is 0.0772. The van der Waals surface area contributed by atoms with E-state index in [4.69, 9.17) is 0 Å². The van der Waals surface area contributed by atoms with Crippen LogP contribution in [-0.4, -0.2) is 52.2 Å². The molecule has 1 aromatic carbocycles. The summed E-state index contributed by atoms with van der Waals surface area (Å²) in [4.78, 5) is 19.0. The maximum atomic E-state index is 12.6. The van der Waals surface area contributed by atoms with Crippen LogP contribution in [0.1, 0.15) is 53.9 Å². The zero-order valence-electron chi connectivity index (χ0n) is 17.6. The first-order chi connectivity index (χ1) is 14.5. The third-order valence-electron chi connectivity index (χ3n) is 6.38. The van der Waals surface area contributed by atoms with E-state index in [0.29, 0.717) is 18.7 Å². The van der Waals surface area contributed by atoms with Gasteiger partial charge < -0.3 is 20.4 Å². The summed E-state index contributed by atoms with van der Waals surface area (Å²) in [6.07, 6.45) is 6.64. The summed E-state index contributed by atoms with van der Waals surface area (Å²) in [6, 6.07) is 6.80. The fourth-order valence-corrected chi connectivity index (χ4v) is 4.75. The molecule has 0 saturated carbocycles. The number of benzene rings is 1. The highest BCUT2D eigenvalue weighted by Gasteiger charge is 2.36. The normalized spacial score (nSPS) is 17.3. The van der Waals surface area contributed by atoms with Gasteiger partial charge in [0.1, 0.15) is 11.5 Å². The minimum Gasteiger partial charge on any atom is -0.508 e. The molecule has 0 bridgehead atoms. The zero-order valence-corrected chi connectivity index (χ0v) is 17.6. The number of phenolic OH excluding ortho intramolecular Hbond substituents is 2. The topological polar surface area (TPSA) is 85.7 Å². The second-order valence-corrected chi connectivity index (χ2v) is 8.26. The first kappa shape index (κ1) is 20.4. The molecule has 2 heterocycles. The number of allylic oxidation sites excluding steroid dienone is 1. The molecule has 30 heavy (non-hydrogen) atoms. The summed E-state index contributed by atoms with van der Waals surface area (Å²) in [7, 11) is 0. The molecule has 158 valence electrons. The molecule has 0 atom stereocenters. The number of nitrogens with zero attached hydrogens (tertiary/aromatic N) is 2. The number of carbonyl (C=O) groups excluding carboxylic acids is 1. The minimum absolute atomic E-state index is 0.0226. The van der Waals surface area contributed by atoms with E-state index in [1.165, 1.54) is 6.07 Å². The molecule has 6 heteroatoms. The van der Waals surface area contributed by atoms with Crippen LogP contribution in [0.15, 0.2) is 36.5 Å². The van der Waals surface area contributed by atoms with E-state index in [1.54, 1.807) is 17.2 Å². The predicted octanol–water partition coefficient (Wildman–Crippen LogP) is 3.33. The number of nitrogens with one attached hydrogen (secondary N) is 1. The molecule has 4 rings (SSSR count). The molecule has 1 fully saturated rings. The molecule has 0 unspecified atom stereocenters. The Labute approximate surface area is 177 Å². The molecule has 1 amide bonds. The third-order valence-corrected chi connectivity index (χ3v) is 6.38. The van der Waals surface area contributed by atoms with Gasteiger partial charge in [-0.15, -0.1) is 0 Å². The molecule has 6 nitrogen and oxygen atoms in total. The van der Waals surface area contributed by atoms with Crippen LogP contribution in [0.3, 0.4) is 0 Å². The van der Waals surface area contributed by atoms with Crippen molar-refractivity contribution in [2.24, 2.45) is 5.41 Å². The number of piperidine rings is 1. The van der Waals surface area contributed by atoms with Crippen LogP contribution in [-0.2, 0) is 6.42 Å². The molecule has 2 aliphatic rings. The van der Waals surface area contributed by atoms with Crippen molar-refractivity contribution in [2.75, 3.05) is 26.2 Å². The second kappa shape index (κ2) is 8.11. The van der Waals surface area contributed by atoms with E-state index in [-0.39, 0.29) is 22.8 Å². The summed E-state index contributed by atoms with van der Waals surface area (Å²) in [5, 5.41) is 24.1. The molecule has 1 aromatic heterocycles. The molecule has 0 radical (unpaired) electrons. The molecule has 1 aliphatic carbocycles. The lowest BCUT2D eigenvalue weighted by Crippen LogP contribution is -2.38. The van der Waals surface area contributed by atoms with Crippen LogP contribution in [0.25, 0.3) is 5.57 Å². The highest BCUT2D eigenvalue weighted by molar-refractivity contribution is 5.94. The number of carbonyl (C=O) groups is 1. The first-order valence-electron chi connectivity index (χ1n) is 10.7. The smallest absolute Gasteiger partial charge is 0.255 e. The lowest BCUT2D eigenvalue weighted by atomic mass is 9.68. The Morgan fingerprint density at radius 2 is 1.90 bits per heavy atom. The van der Waals surface area contributed by atoms with E-state index in [2.05, 4.69) is 16.4 Å². The Bertz CT molecular complexity index is 972. The standard InChI is InChI=1S/C24H29N3O3/c1-3-27(4-2)23(30)16-5-6-20(26-15-16)19-14-24(7-9-25-10-8-24)13-17-11-18(28)12-21(29)22(17)19/h5-6,11-12,14-15,25,28-29H,3-4,7-10,13H2,1-2H3. The Balaban J connectivity index is 1.77. The maximum Gasteiger partial charge on any atom is 0.255 e. The number of aromatic nitrogens is 1. The van der Waals surface area contributed by atoms with Gasteiger partial charge in [-0.05, 0) is 75.4 Å². The number of amides is 1. The molecule has 1 aliphatic heterocycles. The van der Waals surface area contributed by atoms with Gasteiger partial charge in [-0.1, -0.05) is 6.08 Å². The van der Waals surface area contributed by atoms with E-state index in [1.807, 2.05) is 26.0 Å². The Kier molecular flexibility index (Phi) is 5.52. The summed E-state index contributed by atoms with van der Waals surface area (Å²) < 4.78 is 0. The van der Waals surface area contributed by atoms with Crippen LogP contribution in [0.5, 0.6) is 11.5 Å². The third kappa shape index (κ3) is 3.67. The summed E-state index contributed by atoms with van der Waals surface area (Å²) in [5.74, 6) is 0.106. The first-order valence-corrected chi connectivity index (χ1v) is 10.7. The van der Waals surface area contributed by atoms with Crippen LogP contribution in [0.4, 0.5) is 0 Å². The molecule has 1 saturated heterocycles. The fraction of sp³-hybridized carbons (Fsp3) is 0.417. The van der Waals surface area contributed by atoms with Crippen molar-refractivity contribution in [3.63, 3.8) is 0 Å². The predicted molar refractivity (Wildman–Crippen MR) is 117 cm³/mol. The summed E-state index contributed by atoms with van der Waals surface area (Å²) in [5.41, 5.74) is 3.81. The van der Waals surface area contributed by atoms with Crippen molar-refractivity contribution in [2.45, 2.75) is 33.1 Å². The Hall–Kier alpha value is -2.86. The van der Waals surface area contributed by atoms with Crippen LogP contribution in [0, 0.1) is 5.41 Å². The van der Waals surface area contributed by atoms with Gasteiger partial charge >= 0.3 is 0 Å². The highest BCUT2D eigenvalue weighted by Crippen LogP contribution is 2.48. The van der Waals surface area contributed by atoms with Crippen molar-refractivity contribution < 1.29 is 15.0 Å². The molecular formula is C24H29N3O3. The van der Waals surface area contributed by atoms with Gasteiger partial charge in [-0.25, -0.2) is 0 Å². The van der Waals surface area contributed by atoms with Gasteiger partial charge in [0.25, 0.3) is 5.91 Å². The van der Waals surface area contributed by atoms with E-state index in [0.717, 1.165) is 54.7 Å². The van der Waals surface area contributed by atoms with Gasteiger partial charge in [0.15, 0.2) is 0 Å².